The van der Waals surface area contributed by atoms with Gasteiger partial charge < -0.3 is 19.5 Å². The molecule has 0 aliphatic carbocycles. The Balaban J connectivity index is 2.36. The van der Waals surface area contributed by atoms with Crippen molar-refractivity contribution >= 4 is 0 Å². The summed E-state index contributed by atoms with van der Waals surface area (Å²) in [5.41, 5.74) is 0.284. The minimum absolute atomic E-state index is 0.284. The van der Waals surface area contributed by atoms with Crippen LogP contribution in [0.3, 0.4) is 0 Å². The quantitative estimate of drug-likeness (QED) is 0.624. The third kappa shape index (κ3) is 4.54. The van der Waals surface area contributed by atoms with Gasteiger partial charge >= 0.3 is 0 Å². The maximum Gasteiger partial charge on any atom is 0.0616 e. The Bertz CT molecular complexity index is 201. The largest absolute Gasteiger partial charge is 0.385 e. The van der Waals surface area contributed by atoms with Gasteiger partial charge in [-0.15, -0.1) is 0 Å². The first-order valence-electron chi connectivity index (χ1n) is 6.55. The second kappa shape index (κ2) is 8.03. The summed E-state index contributed by atoms with van der Waals surface area (Å²) < 4.78 is 15.9. The van der Waals surface area contributed by atoms with E-state index in [9.17, 15) is 0 Å². The van der Waals surface area contributed by atoms with Crippen LogP contribution < -0.4 is 5.32 Å². The highest BCUT2D eigenvalue weighted by atomic mass is 16.5. The lowest BCUT2D eigenvalue weighted by Gasteiger charge is -2.32. The number of hydrogen-bond acceptors (Lipinski definition) is 4. The molecule has 1 fully saturated rings. The summed E-state index contributed by atoms with van der Waals surface area (Å²) in [5.74, 6) is 0. The van der Waals surface area contributed by atoms with E-state index in [0.29, 0.717) is 6.10 Å². The molecule has 1 heterocycles. The average Bonchev–Trinajstić information content (AvgIpc) is 2.68. The van der Waals surface area contributed by atoms with E-state index in [4.69, 9.17) is 14.2 Å². The maximum atomic E-state index is 5.74. The Morgan fingerprint density at radius 3 is 2.65 bits per heavy atom. The minimum atomic E-state index is 0.284. The van der Waals surface area contributed by atoms with Crippen LogP contribution in [0.2, 0.25) is 0 Å². The average molecular weight is 245 g/mol. The highest BCUT2D eigenvalue weighted by Gasteiger charge is 2.40. The smallest absolute Gasteiger partial charge is 0.0616 e. The van der Waals surface area contributed by atoms with Gasteiger partial charge in [0, 0.05) is 45.9 Å². The van der Waals surface area contributed by atoms with Gasteiger partial charge in [-0.1, -0.05) is 0 Å². The first kappa shape index (κ1) is 14.9. The van der Waals surface area contributed by atoms with Crippen molar-refractivity contribution in [2.24, 2.45) is 5.41 Å². The fourth-order valence-corrected chi connectivity index (χ4v) is 2.55. The van der Waals surface area contributed by atoms with Crippen molar-refractivity contribution in [1.29, 1.82) is 0 Å². The van der Waals surface area contributed by atoms with Crippen molar-refractivity contribution in [3.05, 3.63) is 0 Å². The molecule has 0 amide bonds. The number of nitrogens with one attached hydrogen (secondary N) is 1. The molecule has 4 heteroatoms. The molecule has 102 valence electrons. The molecule has 4 nitrogen and oxygen atoms in total. The van der Waals surface area contributed by atoms with Gasteiger partial charge in [0.25, 0.3) is 0 Å². The van der Waals surface area contributed by atoms with E-state index in [2.05, 4.69) is 12.2 Å². The zero-order valence-corrected chi connectivity index (χ0v) is 11.5. The number of hydrogen-bond donors (Lipinski definition) is 1. The fourth-order valence-electron chi connectivity index (χ4n) is 2.55. The topological polar surface area (TPSA) is 39.7 Å². The molecule has 0 bridgehead atoms. The zero-order valence-electron chi connectivity index (χ0n) is 11.5. The minimum Gasteiger partial charge on any atom is -0.385 e. The van der Waals surface area contributed by atoms with Crippen molar-refractivity contribution in [3.8, 4) is 0 Å². The number of ether oxygens (including phenoxy) is 3. The van der Waals surface area contributed by atoms with Gasteiger partial charge in [-0.05, 0) is 26.2 Å². The Labute approximate surface area is 105 Å². The van der Waals surface area contributed by atoms with Gasteiger partial charge in [0.1, 0.15) is 0 Å². The number of methoxy groups -OCH3 is 2. The Hall–Kier alpha value is -0.160. The molecule has 2 atom stereocenters. The van der Waals surface area contributed by atoms with E-state index >= 15 is 0 Å². The van der Waals surface area contributed by atoms with Gasteiger partial charge in [0.05, 0.1) is 12.7 Å². The molecule has 17 heavy (non-hydrogen) atoms. The standard InChI is InChI=1S/C13H27NO3/c1-12-13(6-9-17-12,5-4-8-15-2)11-14-7-10-16-3/h12,14H,4-11H2,1-3H3. The van der Waals surface area contributed by atoms with Crippen LogP contribution in [0, 0.1) is 5.41 Å². The van der Waals surface area contributed by atoms with Crippen molar-refractivity contribution in [2.75, 3.05) is 47.1 Å². The number of rotatable bonds is 9. The van der Waals surface area contributed by atoms with Crippen molar-refractivity contribution in [2.45, 2.75) is 32.3 Å². The summed E-state index contributed by atoms with van der Waals surface area (Å²) in [5, 5.41) is 3.48. The molecule has 2 unspecified atom stereocenters. The van der Waals surface area contributed by atoms with Gasteiger partial charge in [0.2, 0.25) is 0 Å². The van der Waals surface area contributed by atoms with E-state index < -0.39 is 0 Å². The Morgan fingerprint density at radius 1 is 1.29 bits per heavy atom. The predicted molar refractivity (Wildman–Crippen MR) is 68.3 cm³/mol. The Morgan fingerprint density at radius 2 is 2.06 bits per heavy atom. The van der Waals surface area contributed by atoms with Crippen LogP contribution in [0.15, 0.2) is 0 Å². The van der Waals surface area contributed by atoms with Crippen LogP contribution in [0.1, 0.15) is 26.2 Å². The van der Waals surface area contributed by atoms with Gasteiger partial charge in [-0.3, -0.25) is 0 Å². The molecule has 0 aromatic carbocycles. The summed E-state index contributed by atoms with van der Waals surface area (Å²) in [4.78, 5) is 0. The third-order valence-corrected chi connectivity index (χ3v) is 3.81. The van der Waals surface area contributed by atoms with Crippen molar-refractivity contribution < 1.29 is 14.2 Å². The molecular weight excluding hydrogens is 218 g/mol. The predicted octanol–water partition coefficient (Wildman–Crippen LogP) is 1.44. The van der Waals surface area contributed by atoms with Crippen molar-refractivity contribution in [3.63, 3.8) is 0 Å². The lowest BCUT2D eigenvalue weighted by Crippen LogP contribution is -2.40. The van der Waals surface area contributed by atoms with Crippen LogP contribution >= 0.6 is 0 Å². The lowest BCUT2D eigenvalue weighted by molar-refractivity contribution is 0.0516. The molecule has 1 aliphatic heterocycles. The second-order valence-electron chi connectivity index (χ2n) is 4.89. The summed E-state index contributed by atoms with van der Waals surface area (Å²) in [6, 6.07) is 0. The van der Waals surface area contributed by atoms with E-state index in [0.717, 1.165) is 45.8 Å². The summed E-state index contributed by atoms with van der Waals surface area (Å²) >= 11 is 0. The van der Waals surface area contributed by atoms with Crippen LogP contribution in [0.5, 0.6) is 0 Å². The normalized spacial score (nSPS) is 28.8. The van der Waals surface area contributed by atoms with Crippen LogP contribution in [0.4, 0.5) is 0 Å². The van der Waals surface area contributed by atoms with Crippen LogP contribution in [0.25, 0.3) is 0 Å². The molecular formula is C13H27NO3. The molecule has 1 rings (SSSR count). The Kier molecular flexibility index (Phi) is 7.04. The van der Waals surface area contributed by atoms with E-state index in [-0.39, 0.29) is 5.41 Å². The lowest BCUT2D eigenvalue weighted by atomic mass is 9.77. The molecule has 1 aliphatic rings. The molecule has 1 N–H and O–H groups in total. The summed E-state index contributed by atoms with van der Waals surface area (Å²) in [6.45, 7) is 6.62. The highest BCUT2D eigenvalue weighted by Crippen LogP contribution is 2.38. The van der Waals surface area contributed by atoms with Crippen LogP contribution in [-0.4, -0.2) is 53.2 Å². The first-order chi connectivity index (χ1) is 8.25. The van der Waals surface area contributed by atoms with Gasteiger partial charge in [-0.2, -0.15) is 0 Å². The van der Waals surface area contributed by atoms with E-state index in [1.54, 1.807) is 14.2 Å². The zero-order chi connectivity index (χ0) is 12.6. The van der Waals surface area contributed by atoms with E-state index in [1.807, 2.05) is 0 Å². The molecule has 1 saturated heterocycles. The molecule has 0 aromatic heterocycles. The summed E-state index contributed by atoms with van der Waals surface area (Å²) in [7, 11) is 3.50. The highest BCUT2D eigenvalue weighted by molar-refractivity contribution is 4.91. The third-order valence-electron chi connectivity index (χ3n) is 3.81. The molecule has 0 saturated carbocycles. The first-order valence-corrected chi connectivity index (χ1v) is 6.55. The molecule has 0 radical (unpaired) electrons. The second-order valence-corrected chi connectivity index (χ2v) is 4.89. The summed E-state index contributed by atoms with van der Waals surface area (Å²) in [6.07, 6.45) is 3.77. The molecule has 0 spiro atoms. The fraction of sp³-hybridized carbons (Fsp3) is 1.00. The van der Waals surface area contributed by atoms with Gasteiger partial charge in [0.15, 0.2) is 0 Å². The SMILES string of the molecule is COCCCC1(CNCCOC)CCOC1C. The van der Waals surface area contributed by atoms with Gasteiger partial charge in [-0.25, -0.2) is 0 Å². The maximum absolute atomic E-state index is 5.74. The molecule has 0 aromatic rings. The van der Waals surface area contributed by atoms with Crippen molar-refractivity contribution in [1.82, 2.24) is 5.32 Å². The monoisotopic (exact) mass is 245 g/mol. The van der Waals surface area contributed by atoms with E-state index in [1.165, 1.54) is 6.42 Å². The van der Waals surface area contributed by atoms with Crippen LogP contribution in [-0.2, 0) is 14.2 Å².